The molecule has 0 fully saturated rings. The Balaban J connectivity index is 1.85. The molecule has 2 rings (SSSR count). The Kier molecular flexibility index (Phi) is 5.80. The lowest BCUT2D eigenvalue weighted by Crippen LogP contribution is -2.34. The van der Waals surface area contributed by atoms with Gasteiger partial charge >= 0.3 is 6.03 Å². The highest BCUT2D eigenvalue weighted by molar-refractivity contribution is 5.73. The summed E-state index contributed by atoms with van der Waals surface area (Å²) >= 11 is 0. The molecular formula is C17H19FN2O3. The van der Waals surface area contributed by atoms with Crippen LogP contribution < -0.4 is 20.1 Å². The van der Waals surface area contributed by atoms with E-state index in [1.165, 1.54) is 12.1 Å². The van der Waals surface area contributed by atoms with Gasteiger partial charge in [-0.05, 0) is 29.8 Å². The molecule has 2 amide bonds. The van der Waals surface area contributed by atoms with Gasteiger partial charge in [0.2, 0.25) is 0 Å². The number of amides is 2. The molecule has 2 aromatic carbocycles. The lowest BCUT2D eigenvalue weighted by Gasteiger charge is -2.12. The highest BCUT2D eigenvalue weighted by atomic mass is 19.1. The van der Waals surface area contributed by atoms with E-state index in [0.717, 1.165) is 11.1 Å². The summed E-state index contributed by atoms with van der Waals surface area (Å²) in [5.41, 5.74) is 1.66. The first-order valence-electron chi connectivity index (χ1n) is 7.09. The van der Waals surface area contributed by atoms with E-state index in [2.05, 4.69) is 10.6 Å². The quantitative estimate of drug-likeness (QED) is 0.861. The van der Waals surface area contributed by atoms with Crippen LogP contribution in [-0.2, 0) is 13.1 Å². The lowest BCUT2D eigenvalue weighted by molar-refractivity contribution is 0.240. The maximum absolute atomic E-state index is 12.8. The first-order valence-corrected chi connectivity index (χ1v) is 7.09. The highest BCUT2D eigenvalue weighted by Gasteiger charge is 2.07. The van der Waals surface area contributed by atoms with E-state index in [1.54, 1.807) is 38.5 Å². The Morgan fingerprint density at radius 1 is 1.00 bits per heavy atom. The Bertz CT molecular complexity index is 659. The molecule has 0 saturated carbocycles. The molecule has 0 unspecified atom stereocenters. The number of urea groups is 1. The van der Waals surface area contributed by atoms with Crippen LogP contribution in [-0.4, -0.2) is 20.3 Å². The van der Waals surface area contributed by atoms with Crippen molar-refractivity contribution in [3.05, 3.63) is 59.4 Å². The number of rotatable bonds is 6. The molecule has 5 nitrogen and oxygen atoms in total. The summed E-state index contributed by atoms with van der Waals surface area (Å²) in [4.78, 5) is 11.8. The van der Waals surface area contributed by atoms with Crippen LogP contribution in [0.2, 0.25) is 0 Å². The first kappa shape index (κ1) is 16.6. The van der Waals surface area contributed by atoms with Gasteiger partial charge in [0.15, 0.2) is 0 Å². The number of ether oxygens (including phenoxy) is 2. The molecule has 2 N–H and O–H groups in total. The van der Waals surface area contributed by atoms with Gasteiger partial charge in [0.1, 0.15) is 17.3 Å². The monoisotopic (exact) mass is 318 g/mol. The molecule has 0 aliphatic carbocycles. The summed E-state index contributed by atoms with van der Waals surface area (Å²) in [6.07, 6.45) is 0. The molecule has 0 saturated heterocycles. The van der Waals surface area contributed by atoms with E-state index < -0.39 is 0 Å². The molecule has 122 valence electrons. The molecule has 0 bridgehead atoms. The fraction of sp³-hybridized carbons (Fsp3) is 0.235. The summed E-state index contributed by atoms with van der Waals surface area (Å²) in [6.45, 7) is 0.647. The molecule has 0 heterocycles. The zero-order valence-corrected chi connectivity index (χ0v) is 13.1. The van der Waals surface area contributed by atoms with Gasteiger partial charge < -0.3 is 20.1 Å². The summed E-state index contributed by atoms with van der Waals surface area (Å²) in [5, 5.41) is 5.46. The van der Waals surface area contributed by atoms with Crippen LogP contribution in [0.3, 0.4) is 0 Å². The van der Waals surface area contributed by atoms with Gasteiger partial charge in [-0.25, -0.2) is 9.18 Å². The fourth-order valence-corrected chi connectivity index (χ4v) is 2.02. The van der Waals surface area contributed by atoms with E-state index in [1.807, 2.05) is 6.07 Å². The maximum atomic E-state index is 12.8. The second kappa shape index (κ2) is 8.03. The number of nitrogens with one attached hydrogen (secondary N) is 2. The van der Waals surface area contributed by atoms with Crippen molar-refractivity contribution < 1.29 is 18.7 Å². The molecule has 0 spiro atoms. The number of carbonyl (C=O) groups excluding carboxylic acids is 1. The molecule has 0 aliphatic rings. The molecule has 0 atom stereocenters. The molecule has 0 aliphatic heterocycles. The van der Waals surface area contributed by atoms with E-state index in [9.17, 15) is 9.18 Å². The molecule has 23 heavy (non-hydrogen) atoms. The van der Waals surface area contributed by atoms with E-state index in [-0.39, 0.29) is 11.8 Å². The Labute approximate surface area is 134 Å². The minimum Gasteiger partial charge on any atom is -0.497 e. The van der Waals surface area contributed by atoms with Gasteiger partial charge in [0.05, 0.1) is 14.2 Å². The van der Waals surface area contributed by atoms with Gasteiger partial charge in [-0.15, -0.1) is 0 Å². The van der Waals surface area contributed by atoms with Crippen LogP contribution in [0, 0.1) is 5.82 Å². The number of carbonyl (C=O) groups is 1. The predicted octanol–water partition coefficient (Wildman–Crippen LogP) is 2.84. The van der Waals surface area contributed by atoms with Crippen molar-refractivity contribution in [2.45, 2.75) is 13.1 Å². The van der Waals surface area contributed by atoms with Crippen LogP contribution in [0.25, 0.3) is 0 Å². The van der Waals surface area contributed by atoms with Gasteiger partial charge in [0.25, 0.3) is 0 Å². The topological polar surface area (TPSA) is 59.6 Å². The zero-order chi connectivity index (χ0) is 16.7. The summed E-state index contributed by atoms with van der Waals surface area (Å²) in [6, 6.07) is 11.0. The van der Waals surface area contributed by atoms with Crippen molar-refractivity contribution in [1.29, 1.82) is 0 Å². The maximum Gasteiger partial charge on any atom is 0.315 e. The lowest BCUT2D eigenvalue weighted by atomic mass is 10.2. The predicted molar refractivity (Wildman–Crippen MR) is 85.0 cm³/mol. The van der Waals surface area contributed by atoms with E-state index >= 15 is 0 Å². The third kappa shape index (κ3) is 4.88. The number of benzene rings is 2. The average Bonchev–Trinajstić information content (AvgIpc) is 2.59. The Hall–Kier alpha value is -2.76. The van der Waals surface area contributed by atoms with Crippen molar-refractivity contribution >= 4 is 6.03 Å². The third-order valence-electron chi connectivity index (χ3n) is 3.30. The molecule has 2 aromatic rings. The van der Waals surface area contributed by atoms with Gasteiger partial charge in [0, 0.05) is 24.7 Å². The third-order valence-corrected chi connectivity index (χ3v) is 3.30. The minimum atomic E-state index is -0.313. The molecular weight excluding hydrogens is 299 g/mol. The summed E-state index contributed by atoms with van der Waals surface area (Å²) in [7, 11) is 3.14. The van der Waals surface area contributed by atoms with Crippen molar-refractivity contribution in [3.63, 3.8) is 0 Å². The van der Waals surface area contributed by atoms with Crippen molar-refractivity contribution in [2.75, 3.05) is 14.2 Å². The summed E-state index contributed by atoms with van der Waals surface area (Å²) < 4.78 is 23.2. The first-order chi connectivity index (χ1) is 11.1. The van der Waals surface area contributed by atoms with Crippen molar-refractivity contribution in [3.8, 4) is 11.5 Å². The van der Waals surface area contributed by atoms with Gasteiger partial charge in [-0.2, -0.15) is 0 Å². The van der Waals surface area contributed by atoms with E-state index in [0.29, 0.717) is 24.6 Å². The van der Waals surface area contributed by atoms with Crippen LogP contribution >= 0.6 is 0 Å². The molecule has 6 heteroatoms. The smallest absolute Gasteiger partial charge is 0.315 e. The fourth-order valence-electron chi connectivity index (χ4n) is 2.02. The Morgan fingerprint density at radius 3 is 2.35 bits per heavy atom. The van der Waals surface area contributed by atoms with Crippen LogP contribution in [0.4, 0.5) is 9.18 Å². The molecule has 0 radical (unpaired) electrons. The van der Waals surface area contributed by atoms with E-state index in [4.69, 9.17) is 9.47 Å². The number of hydrogen-bond donors (Lipinski definition) is 2. The van der Waals surface area contributed by atoms with Crippen molar-refractivity contribution in [1.82, 2.24) is 10.6 Å². The second-order valence-electron chi connectivity index (χ2n) is 4.84. The Morgan fingerprint density at radius 2 is 1.70 bits per heavy atom. The van der Waals surface area contributed by atoms with Gasteiger partial charge in [-0.3, -0.25) is 0 Å². The zero-order valence-electron chi connectivity index (χ0n) is 13.1. The van der Waals surface area contributed by atoms with Crippen LogP contribution in [0.1, 0.15) is 11.1 Å². The normalized spacial score (nSPS) is 10.0. The van der Waals surface area contributed by atoms with Crippen molar-refractivity contribution in [2.24, 2.45) is 0 Å². The van der Waals surface area contributed by atoms with Gasteiger partial charge in [-0.1, -0.05) is 12.1 Å². The SMILES string of the molecule is COc1ccc(CNC(=O)NCc2ccc(F)cc2)c(OC)c1. The largest absolute Gasteiger partial charge is 0.497 e. The summed E-state index contributed by atoms with van der Waals surface area (Å²) in [5.74, 6) is 1.03. The number of halogens is 1. The molecule has 0 aromatic heterocycles. The van der Waals surface area contributed by atoms with Crippen LogP contribution in [0.15, 0.2) is 42.5 Å². The average molecular weight is 318 g/mol. The highest BCUT2D eigenvalue weighted by Crippen LogP contribution is 2.24. The standard InChI is InChI=1S/C17H19FN2O3/c1-22-15-8-5-13(16(9-15)23-2)11-20-17(21)19-10-12-3-6-14(18)7-4-12/h3-9H,10-11H2,1-2H3,(H2,19,20,21). The minimum absolute atomic E-state index is 0.301. The number of methoxy groups -OCH3 is 2. The van der Waals surface area contributed by atoms with Crippen LogP contribution in [0.5, 0.6) is 11.5 Å². The number of hydrogen-bond acceptors (Lipinski definition) is 3. The second-order valence-corrected chi connectivity index (χ2v) is 4.84.